The maximum atomic E-state index is 2.47. The fourth-order valence-corrected chi connectivity index (χ4v) is 14.0. The van der Waals surface area contributed by atoms with Crippen LogP contribution >= 0.6 is 11.3 Å². The van der Waals surface area contributed by atoms with Crippen molar-refractivity contribution in [2.75, 3.05) is 0 Å². The molecule has 0 unspecified atom stereocenters. The van der Waals surface area contributed by atoms with Crippen molar-refractivity contribution in [2.24, 2.45) is 0 Å². The second-order valence-electron chi connectivity index (χ2n) is 19.8. The quantitative estimate of drug-likeness (QED) is 0.119. The van der Waals surface area contributed by atoms with Gasteiger partial charge in [-0.15, -0.1) is 11.3 Å². The lowest BCUT2D eigenvalue weighted by Crippen LogP contribution is -1.91. The molecule has 1 heterocycles. The van der Waals surface area contributed by atoms with Gasteiger partial charge in [-0.05, 0) is 155 Å². The molecule has 0 amide bonds. The zero-order chi connectivity index (χ0) is 47.7. The van der Waals surface area contributed by atoms with Crippen LogP contribution in [0.1, 0.15) is 0 Å². The lowest BCUT2D eigenvalue weighted by atomic mass is 9.85. The predicted octanol–water partition coefficient (Wildman–Crippen LogP) is 21.1. The molecule has 0 aliphatic carbocycles. The van der Waals surface area contributed by atoms with Crippen molar-refractivity contribution in [1.82, 2.24) is 0 Å². The van der Waals surface area contributed by atoms with E-state index in [2.05, 4.69) is 255 Å². The highest BCUT2D eigenvalue weighted by molar-refractivity contribution is 7.26. The van der Waals surface area contributed by atoms with Crippen LogP contribution in [0.5, 0.6) is 0 Å². The minimum Gasteiger partial charge on any atom is -0.135 e. The summed E-state index contributed by atoms with van der Waals surface area (Å²) in [5, 5.41) is 23.4. The van der Waals surface area contributed by atoms with Gasteiger partial charge in [0.2, 0.25) is 0 Å². The van der Waals surface area contributed by atoms with Crippen LogP contribution in [0.15, 0.2) is 255 Å². The van der Waals surface area contributed by atoms with Crippen LogP contribution in [0.2, 0.25) is 0 Å². The summed E-state index contributed by atoms with van der Waals surface area (Å²) in [6, 6.07) is 95.4. The molecule has 0 saturated carbocycles. The predicted molar refractivity (Wildman–Crippen MR) is 318 cm³/mol. The third kappa shape index (κ3) is 6.01. The van der Waals surface area contributed by atoms with E-state index in [1.165, 1.54) is 162 Å². The number of fused-ring (bicyclic) bond motifs is 12. The Labute approximate surface area is 425 Å². The number of benzene rings is 15. The summed E-state index contributed by atoms with van der Waals surface area (Å²) in [6.45, 7) is 0. The van der Waals surface area contributed by atoms with Crippen molar-refractivity contribution in [2.45, 2.75) is 0 Å². The number of rotatable bonds is 5. The van der Waals surface area contributed by atoms with Crippen LogP contribution in [0, 0.1) is 0 Å². The van der Waals surface area contributed by atoms with Crippen molar-refractivity contribution in [3.8, 4) is 55.6 Å². The molecule has 1 heteroatoms. The zero-order valence-corrected chi connectivity index (χ0v) is 40.5. The Morgan fingerprint density at radius 2 is 0.644 bits per heavy atom. The van der Waals surface area contributed by atoms with Crippen LogP contribution in [0.4, 0.5) is 0 Å². The Hall–Kier alpha value is -9.14. The Kier molecular flexibility index (Phi) is 8.72. The number of thiophene rings is 1. The molecule has 0 saturated heterocycles. The lowest BCUT2D eigenvalue weighted by Gasteiger charge is -2.18. The van der Waals surface area contributed by atoms with Crippen molar-refractivity contribution in [3.05, 3.63) is 255 Å². The van der Waals surface area contributed by atoms with Gasteiger partial charge in [-0.3, -0.25) is 0 Å². The monoisotopic (exact) mass is 938 g/mol. The van der Waals surface area contributed by atoms with Gasteiger partial charge in [0.15, 0.2) is 0 Å². The van der Waals surface area contributed by atoms with E-state index in [1.54, 1.807) is 0 Å². The molecule has 1 aromatic heterocycles. The average Bonchev–Trinajstić information content (AvgIpc) is 3.84. The van der Waals surface area contributed by atoms with E-state index in [4.69, 9.17) is 0 Å². The van der Waals surface area contributed by atoms with E-state index in [0.29, 0.717) is 0 Å². The molecule has 0 spiro atoms. The van der Waals surface area contributed by atoms with E-state index in [-0.39, 0.29) is 0 Å². The third-order valence-electron chi connectivity index (χ3n) is 16.0. The van der Waals surface area contributed by atoms with Gasteiger partial charge in [-0.1, -0.05) is 237 Å². The summed E-state index contributed by atoms with van der Waals surface area (Å²) < 4.78 is 2.67. The van der Waals surface area contributed by atoms with Crippen LogP contribution in [0.3, 0.4) is 0 Å². The summed E-state index contributed by atoms with van der Waals surface area (Å²) in [7, 11) is 0. The van der Waals surface area contributed by atoms with Gasteiger partial charge >= 0.3 is 0 Å². The Bertz CT molecular complexity index is 4850. The fraction of sp³-hybridized carbons (Fsp3) is 0. The fourth-order valence-electron chi connectivity index (χ4n) is 12.7. The molecule has 0 aliphatic heterocycles. The van der Waals surface area contributed by atoms with Gasteiger partial charge in [-0.2, -0.15) is 0 Å². The van der Waals surface area contributed by atoms with Gasteiger partial charge in [0.05, 0.1) is 0 Å². The Morgan fingerprint density at radius 1 is 0.205 bits per heavy atom. The second-order valence-corrected chi connectivity index (χ2v) is 20.8. The highest BCUT2D eigenvalue weighted by Gasteiger charge is 2.21. The SMILES string of the molecule is c1ccc(-c2cccc(-c3ccc4ccc5c(-c6ccc(-c7c8ccccc8c(-c8ccc9sc%10c(ccc%11c%12ccccc%12c%12ccccc%12c%11%10)c9c8)c8ccccc78)cc6)ccc6ccc3c4c65)c2)cc1. The lowest BCUT2D eigenvalue weighted by molar-refractivity contribution is 1.61. The van der Waals surface area contributed by atoms with E-state index >= 15 is 0 Å². The van der Waals surface area contributed by atoms with Crippen LogP contribution in [-0.2, 0) is 0 Å². The molecule has 0 radical (unpaired) electrons. The summed E-state index contributed by atoms with van der Waals surface area (Å²) in [4.78, 5) is 0. The van der Waals surface area contributed by atoms with Gasteiger partial charge in [0.25, 0.3) is 0 Å². The van der Waals surface area contributed by atoms with Crippen molar-refractivity contribution >= 4 is 118 Å². The maximum absolute atomic E-state index is 2.47. The highest BCUT2D eigenvalue weighted by atomic mass is 32.1. The van der Waals surface area contributed by atoms with Crippen molar-refractivity contribution in [1.29, 1.82) is 0 Å². The van der Waals surface area contributed by atoms with Crippen LogP contribution < -0.4 is 0 Å². The van der Waals surface area contributed by atoms with E-state index in [0.717, 1.165) is 0 Å². The zero-order valence-electron chi connectivity index (χ0n) is 39.7. The van der Waals surface area contributed by atoms with Gasteiger partial charge in [-0.25, -0.2) is 0 Å². The van der Waals surface area contributed by atoms with Crippen LogP contribution in [-0.4, -0.2) is 0 Å². The summed E-state index contributed by atoms with van der Waals surface area (Å²) in [5.74, 6) is 0. The van der Waals surface area contributed by atoms with Gasteiger partial charge in [0, 0.05) is 25.6 Å². The molecule has 15 aromatic carbocycles. The normalized spacial score (nSPS) is 12.1. The molecule has 0 bridgehead atoms. The molecule has 0 nitrogen and oxygen atoms in total. The molecule has 16 rings (SSSR count). The van der Waals surface area contributed by atoms with Crippen LogP contribution in [0.25, 0.3) is 162 Å². The number of hydrogen-bond donors (Lipinski definition) is 0. The molecular weight excluding hydrogens is 897 g/mol. The van der Waals surface area contributed by atoms with Crippen molar-refractivity contribution < 1.29 is 0 Å². The first kappa shape index (κ1) is 40.6. The van der Waals surface area contributed by atoms with E-state index in [1.807, 2.05) is 11.3 Å². The highest BCUT2D eigenvalue weighted by Crippen LogP contribution is 2.49. The standard InChI is InChI=1S/C72H42S/c1-2-13-43(14-3-1)48-15-12-16-49(41-48)52-35-30-47-31-36-61-51(34-29-46-32-37-62(52)70(47)69(46)61)44-25-27-45(28-26-44)67-57-21-8-10-23-59(57)68(60-24-11-9-22-58(60)67)50-33-40-66-65(42-50)64-39-38-63-55-19-5-4-17-53(55)54-18-6-7-20-56(54)71(63)72(64)73-66/h1-42H. The first-order valence-electron chi connectivity index (χ1n) is 25.3. The largest absolute Gasteiger partial charge is 0.135 e. The smallest absolute Gasteiger partial charge is 0.0440 e. The maximum Gasteiger partial charge on any atom is 0.0440 e. The second kappa shape index (κ2) is 15.7. The Balaban J connectivity index is 0.826. The minimum absolute atomic E-state index is 1.22. The minimum atomic E-state index is 1.22. The Morgan fingerprint density at radius 3 is 1.27 bits per heavy atom. The summed E-state index contributed by atoms with van der Waals surface area (Å²) >= 11 is 1.93. The molecule has 0 atom stereocenters. The molecule has 336 valence electrons. The van der Waals surface area contributed by atoms with Gasteiger partial charge in [0.1, 0.15) is 0 Å². The first-order valence-corrected chi connectivity index (χ1v) is 26.1. The molecule has 0 N–H and O–H groups in total. The molecular formula is C72H42S. The molecule has 16 aromatic rings. The van der Waals surface area contributed by atoms with Crippen molar-refractivity contribution in [3.63, 3.8) is 0 Å². The molecule has 0 aliphatic rings. The third-order valence-corrected chi connectivity index (χ3v) is 17.2. The molecule has 0 fully saturated rings. The first-order chi connectivity index (χ1) is 36.2. The van der Waals surface area contributed by atoms with E-state index < -0.39 is 0 Å². The summed E-state index contributed by atoms with van der Waals surface area (Å²) in [5.41, 5.74) is 12.4. The number of hydrogen-bond acceptors (Lipinski definition) is 1. The van der Waals surface area contributed by atoms with E-state index in [9.17, 15) is 0 Å². The summed E-state index contributed by atoms with van der Waals surface area (Å²) in [6.07, 6.45) is 0. The topological polar surface area (TPSA) is 0 Å². The average molecular weight is 939 g/mol. The van der Waals surface area contributed by atoms with Gasteiger partial charge < -0.3 is 0 Å². The molecule has 73 heavy (non-hydrogen) atoms.